The Hall–Kier alpha value is -3.57. The highest BCUT2D eigenvalue weighted by atomic mass is 19.4. The maximum atomic E-state index is 13.2. The number of aromatic nitrogens is 6. The van der Waals surface area contributed by atoms with Crippen LogP contribution in [0.5, 0.6) is 0 Å². The number of hydrogen-bond donors (Lipinski definition) is 0. The molecule has 3 aromatic rings. The Labute approximate surface area is 193 Å². The van der Waals surface area contributed by atoms with Gasteiger partial charge in [-0.25, -0.2) is 0 Å². The van der Waals surface area contributed by atoms with Crippen LogP contribution in [0.25, 0.3) is 6.08 Å². The molecule has 1 amide bonds. The van der Waals surface area contributed by atoms with Crippen molar-refractivity contribution in [2.75, 3.05) is 13.1 Å². The van der Waals surface area contributed by atoms with Crippen LogP contribution in [-0.4, -0.2) is 54.2 Å². The predicted molar refractivity (Wildman–Crippen MR) is 114 cm³/mol. The molecular weight excluding hydrogens is 451 g/mol. The smallest absolute Gasteiger partial charge is 0.340 e. The number of benzene rings is 1. The lowest BCUT2D eigenvalue weighted by Gasteiger charge is -2.30. The van der Waals surface area contributed by atoms with E-state index in [1.165, 1.54) is 23.0 Å². The third kappa shape index (κ3) is 5.86. The summed E-state index contributed by atoms with van der Waals surface area (Å²) in [6.45, 7) is 4.57. The molecule has 0 aliphatic carbocycles. The number of halogens is 3. The molecule has 1 fully saturated rings. The molecule has 12 heteroatoms. The van der Waals surface area contributed by atoms with Crippen molar-refractivity contribution in [3.63, 3.8) is 0 Å². The fraction of sp³-hybridized carbons (Fsp3) is 0.455. The first-order valence-corrected chi connectivity index (χ1v) is 10.9. The molecule has 3 heterocycles. The first-order chi connectivity index (χ1) is 16.2. The van der Waals surface area contributed by atoms with Crippen LogP contribution in [0.3, 0.4) is 0 Å². The Morgan fingerprint density at radius 1 is 1.24 bits per heavy atom. The molecule has 0 unspecified atom stereocenters. The number of carbonyl (C=O) groups is 1. The van der Waals surface area contributed by atoms with Crippen LogP contribution in [0, 0.1) is 19.8 Å². The number of nitrogens with zero attached hydrogens (tertiary/aromatic N) is 7. The number of alkyl halides is 3. The summed E-state index contributed by atoms with van der Waals surface area (Å²) in [6, 6.07) is 3.40. The molecule has 0 radical (unpaired) electrons. The molecular formula is C22H24F3N7O2. The average molecular weight is 475 g/mol. The zero-order valence-corrected chi connectivity index (χ0v) is 18.8. The fourth-order valence-corrected chi connectivity index (χ4v) is 3.93. The minimum atomic E-state index is -4.48. The molecule has 180 valence electrons. The van der Waals surface area contributed by atoms with Crippen molar-refractivity contribution in [3.05, 3.63) is 58.5 Å². The average Bonchev–Trinajstić information content (AvgIpc) is 3.39. The molecule has 1 aliphatic rings. The molecule has 9 nitrogen and oxygen atoms in total. The first-order valence-electron chi connectivity index (χ1n) is 10.9. The molecule has 2 aromatic heterocycles. The standard InChI is InChI=1S/C22H24F3N7O2/c1-14-27-30-32(28-14)13-18-12-19(22(23,24)25)5-3-17(18)4-6-21(33)31-9-7-16(8-10-31)11-20-26-15(2)34-29-20/h3-6,12,16H,7-11,13H2,1-2H3. The van der Waals surface area contributed by atoms with Gasteiger partial charge in [0, 0.05) is 32.5 Å². The van der Waals surface area contributed by atoms with Crippen LogP contribution < -0.4 is 0 Å². The van der Waals surface area contributed by atoms with Gasteiger partial charge in [0.1, 0.15) is 0 Å². The number of piperidine rings is 1. The van der Waals surface area contributed by atoms with Gasteiger partial charge in [0.15, 0.2) is 11.6 Å². The minimum Gasteiger partial charge on any atom is -0.340 e. The largest absolute Gasteiger partial charge is 0.416 e. The van der Waals surface area contributed by atoms with E-state index in [0.29, 0.717) is 54.1 Å². The van der Waals surface area contributed by atoms with Crippen molar-refractivity contribution in [1.82, 2.24) is 35.2 Å². The van der Waals surface area contributed by atoms with Gasteiger partial charge in [-0.1, -0.05) is 11.2 Å². The zero-order valence-electron chi connectivity index (χ0n) is 18.8. The molecule has 4 rings (SSSR count). The molecule has 1 saturated heterocycles. The van der Waals surface area contributed by atoms with Gasteiger partial charge < -0.3 is 9.42 Å². The van der Waals surface area contributed by atoms with E-state index >= 15 is 0 Å². The number of rotatable bonds is 6. The Morgan fingerprint density at radius 3 is 2.62 bits per heavy atom. The highest BCUT2D eigenvalue weighted by molar-refractivity contribution is 5.92. The van der Waals surface area contributed by atoms with Crippen molar-refractivity contribution < 1.29 is 22.5 Å². The van der Waals surface area contributed by atoms with E-state index < -0.39 is 11.7 Å². The summed E-state index contributed by atoms with van der Waals surface area (Å²) in [5.74, 6) is 1.80. The molecule has 0 atom stereocenters. The molecule has 1 aliphatic heterocycles. The molecule has 0 spiro atoms. The first kappa shape index (κ1) is 23.6. The lowest BCUT2D eigenvalue weighted by molar-refractivity contribution is -0.137. The van der Waals surface area contributed by atoms with Gasteiger partial charge in [-0.2, -0.15) is 23.0 Å². The van der Waals surface area contributed by atoms with Gasteiger partial charge in [-0.05, 0) is 60.2 Å². The van der Waals surface area contributed by atoms with Crippen molar-refractivity contribution in [2.45, 2.75) is 45.8 Å². The Kier molecular flexibility index (Phi) is 6.75. The van der Waals surface area contributed by atoms with E-state index in [0.717, 1.165) is 25.0 Å². The Morgan fingerprint density at radius 2 is 2.00 bits per heavy atom. The number of carbonyl (C=O) groups excluding carboxylic acids is 1. The quantitative estimate of drug-likeness (QED) is 0.504. The van der Waals surface area contributed by atoms with Crippen LogP contribution in [0.1, 0.15) is 47.1 Å². The highest BCUT2D eigenvalue weighted by Gasteiger charge is 2.31. The number of hydrogen-bond acceptors (Lipinski definition) is 7. The summed E-state index contributed by atoms with van der Waals surface area (Å²) in [4.78, 5) is 19.9. The molecule has 34 heavy (non-hydrogen) atoms. The minimum absolute atomic E-state index is 0.000422. The van der Waals surface area contributed by atoms with E-state index in [9.17, 15) is 18.0 Å². The summed E-state index contributed by atoms with van der Waals surface area (Å²) in [6.07, 6.45) is 0.791. The Balaban J connectivity index is 1.42. The lowest BCUT2D eigenvalue weighted by Crippen LogP contribution is -2.38. The third-order valence-corrected chi connectivity index (χ3v) is 5.71. The van der Waals surface area contributed by atoms with Crippen molar-refractivity contribution in [2.24, 2.45) is 5.92 Å². The topological polar surface area (TPSA) is 103 Å². The second kappa shape index (κ2) is 9.74. The van der Waals surface area contributed by atoms with Crippen LogP contribution in [0.4, 0.5) is 13.2 Å². The van der Waals surface area contributed by atoms with Gasteiger partial charge in [0.05, 0.1) is 12.1 Å². The number of aryl methyl sites for hydroxylation is 2. The molecule has 0 bridgehead atoms. The van der Waals surface area contributed by atoms with Gasteiger partial charge in [-0.3, -0.25) is 4.79 Å². The Bertz CT molecular complexity index is 1180. The van der Waals surface area contributed by atoms with Gasteiger partial charge >= 0.3 is 6.18 Å². The summed E-state index contributed by atoms with van der Waals surface area (Å²) < 4.78 is 44.7. The highest BCUT2D eigenvalue weighted by Crippen LogP contribution is 2.31. The number of amides is 1. The van der Waals surface area contributed by atoms with Crippen LogP contribution in [0.15, 0.2) is 28.8 Å². The monoisotopic (exact) mass is 475 g/mol. The summed E-state index contributed by atoms with van der Waals surface area (Å²) >= 11 is 0. The predicted octanol–water partition coefficient (Wildman–Crippen LogP) is 3.23. The van der Waals surface area contributed by atoms with Crippen molar-refractivity contribution >= 4 is 12.0 Å². The second-order valence-corrected chi connectivity index (χ2v) is 8.31. The van der Waals surface area contributed by atoms with Crippen LogP contribution in [-0.2, 0) is 23.9 Å². The van der Waals surface area contributed by atoms with Crippen molar-refractivity contribution in [1.29, 1.82) is 0 Å². The van der Waals surface area contributed by atoms with Crippen LogP contribution >= 0.6 is 0 Å². The van der Waals surface area contributed by atoms with E-state index in [2.05, 4.69) is 25.6 Å². The summed E-state index contributed by atoms with van der Waals surface area (Å²) in [5, 5.41) is 15.6. The normalized spacial score (nSPS) is 15.4. The maximum Gasteiger partial charge on any atom is 0.416 e. The zero-order chi connectivity index (χ0) is 24.3. The summed E-state index contributed by atoms with van der Waals surface area (Å²) in [5.41, 5.74) is 0.0470. The maximum absolute atomic E-state index is 13.2. The number of tetrazole rings is 1. The van der Waals surface area contributed by atoms with E-state index in [1.54, 1.807) is 18.7 Å². The van der Waals surface area contributed by atoms with E-state index in [4.69, 9.17) is 4.52 Å². The molecule has 1 aromatic carbocycles. The van der Waals surface area contributed by atoms with Crippen LogP contribution in [0.2, 0.25) is 0 Å². The van der Waals surface area contributed by atoms with Gasteiger partial charge in [-0.15, -0.1) is 10.2 Å². The lowest BCUT2D eigenvalue weighted by atomic mass is 9.93. The van der Waals surface area contributed by atoms with E-state index in [-0.39, 0.29) is 12.5 Å². The SMILES string of the molecule is Cc1nnn(Cc2cc(C(F)(F)F)ccc2C=CC(=O)N2CCC(Cc3noc(C)n3)CC2)n1. The van der Waals surface area contributed by atoms with E-state index in [1.807, 2.05) is 0 Å². The van der Waals surface area contributed by atoms with Gasteiger partial charge in [0.25, 0.3) is 0 Å². The third-order valence-electron chi connectivity index (χ3n) is 5.71. The fourth-order valence-electron chi connectivity index (χ4n) is 3.93. The second-order valence-electron chi connectivity index (χ2n) is 8.31. The molecule has 0 saturated carbocycles. The van der Waals surface area contributed by atoms with Crippen molar-refractivity contribution in [3.8, 4) is 0 Å². The van der Waals surface area contributed by atoms with Gasteiger partial charge in [0.2, 0.25) is 11.8 Å². The molecule has 0 N–H and O–H groups in total. The number of likely N-dealkylation sites (tertiary alicyclic amines) is 1. The summed E-state index contributed by atoms with van der Waals surface area (Å²) in [7, 11) is 0.